The fraction of sp³-hybridized carbons (Fsp3) is 0.562. The zero-order chi connectivity index (χ0) is 15.7. The Morgan fingerprint density at radius 1 is 1.20 bits per heavy atom. The number of halogens is 1. The fourth-order valence-electron chi connectivity index (χ4n) is 1.86. The van der Waals surface area contributed by atoms with Crippen molar-refractivity contribution in [1.29, 1.82) is 0 Å². The van der Waals surface area contributed by atoms with E-state index in [1.165, 1.54) is 0 Å². The number of nitrogens with two attached hydrogens (primary N) is 1. The summed E-state index contributed by atoms with van der Waals surface area (Å²) in [5, 5.41) is 0.693. The number of benzene rings is 1. The first-order valence-electron chi connectivity index (χ1n) is 6.80. The fourth-order valence-corrected chi connectivity index (χ4v) is 1.98. The maximum Gasteiger partial charge on any atom is 0.230 e. The van der Waals surface area contributed by atoms with Gasteiger partial charge in [0.1, 0.15) is 0 Å². The Morgan fingerprint density at radius 3 is 2.05 bits per heavy atom. The van der Waals surface area contributed by atoms with Crippen LogP contribution >= 0.6 is 11.6 Å². The quantitative estimate of drug-likeness (QED) is 0.922. The van der Waals surface area contributed by atoms with Crippen molar-refractivity contribution in [1.82, 2.24) is 4.90 Å². The third kappa shape index (κ3) is 3.33. The highest BCUT2D eigenvalue weighted by Crippen LogP contribution is 2.33. The van der Waals surface area contributed by atoms with Crippen molar-refractivity contribution < 1.29 is 4.79 Å². The van der Waals surface area contributed by atoms with Crippen LogP contribution in [0.4, 0.5) is 0 Å². The first-order chi connectivity index (χ1) is 8.98. The SMILES string of the molecule is CC(c1ccc(Cl)cc1)N(C)C(=O)C(C)(C)C(C)(C)N. The van der Waals surface area contributed by atoms with Crippen molar-refractivity contribution in [3.05, 3.63) is 34.9 Å². The average molecular weight is 297 g/mol. The lowest BCUT2D eigenvalue weighted by Crippen LogP contribution is -2.56. The first kappa shape index (κ1) is 17.0. The van der Waals surface area contributed by atoms with Gasteiger partial charge in [0.05, 0.1) is 11.5 Å². The molecule has 0 heterocycles. The lowest BCUT2D eigenvalue weighted by molar-refractivity contribution is -0.144. The van der Waals surface area contributed by atoms with E-state index in [0.717, 1.165) is 5.56 Å². The van der Waals surface area contributed by atoms with Crippen LogP contribution in [0.1, 0.15) is 46.2 Å². The summed E-state index contributed by atoms with van der Waals surface area (Å²) >= 11 is 5.89. The largest absolute Gasteiger partial charge is 0.338 e. The Balaban J connectivity index is 2.97. The van der Waals surface area contributed by atoms with Crippen LogP contribution < -0.4 is 5.73 Å². The van der Waals surface area contributed by atoms with Gasteiger partial charge in [-0.3, -0.25) is 4.79 Å². The van der Waals surface area contributed by atoms with Crippen molar-refractivity contribution in [3.8, 4) is 0 Å². The molecular formula is C16H25ClN2O. The summed E-state index contributed by atoms with van der Waals surface area (Å²) in [6, 6.07) is 7.53. The van der Waals surface area contributed by atoms with Gasteiger partial charge in [0.2, 0.25) is 5.91 Å². The monoisotopic (exact) mass is 296 g/mol. The molecule has 0 aliphatic carbocycles. The van der Waals surface area contributed by atoms with Gasteiger partial charge >= 0.3 is 0 Å². The van der Waals surface area contributed by atoms with Gasteiger partial charge in [-0.2, -0.15) is 0 Å². The molecule has 0 aliphatic heterocycles. The smallest absolute Gasteiger partial charge is 0.230 e. The molecule has 1 rings (SSSR count). The molecule has 0 spiro atoms. The maximum absolute atomic E-state index is 12.7. The molecule has 0 aromatic heterocycles. The van der Waals surface area contributed by atoms with E-state index in [2.05, 4.69) is 0 Å². The summed E-state index contributed by atoms with van der Waals surface area (Å²) in [4.78, 5) is 14.5. The molecule has 1 aromatic carbocycles. The summed E-state index contributed by atoms with van der Waals surface area (Å²) in [7, 11) is 1.81. The van der Waals surface area contributed by atoms with E-state index >= 15 is 0 Å². The van der Waals surface area contributed by atoms with Crippen LogP contribution in [0, 0.1) is 5.41 Å². The number of hydrogen-bond donors (Lipinski definition) is 1. The minimum absolute atomic E-state index is 0.0265. The molecule has 20 heavy (non-hydrogen) atoms. The molecule has 1 unspecified atom stereocenters. The highest BCUT2D eigenvalue weighted by Gasteiger charge is 2.42. The van der Waals surface area contributed by atoms with Crippen LogP contribution in [0.25, 0.3) is 0 Å². The van der Waals surface area contributed by atoms with Gasteiger partial charge in [-0.05, 0) is 52.3 Å². The molecule has 1 atom stereocenters. The topological polar surface area (TPSA) is 46.3 Å². The van der Waals surface area contributed by atoms with Gasteiger partial charge in [-0.1, -0.05) is 23.7 Å². The zero-order valence-corrected chi connectivity index (χ0v) is 14.0. The van der Waals surface area contributed by atoms with Crippen LogP contribution in [-0.2, 0) is 4.79 Å². The highest BCUT2D eigenvalue weighted by molar-refractivity contribution is 6.30. The third-order valence-electron chi connectivity index (χ3n) is 4.40. The maximum atomic E-state index is 12.7. The van der Waals surface area contributed by atoms with Gasteiger partial charge in [0.15, 0.2) is 0 Å². The Morgan fingerprint density at radius 2 is 1.65 bits per heavy atom. The van der Waals surface area contributed by atoms with Crippen molar-refractivity contribution in [2.75, 3.05) is 7.05 Å². The Labute approximate surface area is 127 Å². The van der Waals surface area contributed by atoms with E-state index in [-0.39, 0.29) is 11.9 Å². The third-order valence-corrected chi connectivity index (χ3v) is 4.65. The lowest BCUT2D eigenvalue weighted by Gasteiger charge is -2.41. The van der Waals surface area contributed by atoms with E-state index in [9.17, 15) is 4.79 Å². The number of nitrogens with zero attached hydrogens (tertiary/aromatic N) is 1. The predicted octanol–water partition coefficient (Wildman–Crippen LogP) is 3.62. The Kier molecular flexibility index (Phi) is 4.88. The molecule has 0 bridgehead atoms. The molecule has 2 N–H and O–H groups in total. The summed E-state index contributed by atoms with van der Waals surface area (Å²) < 4.78 is 0. The van der Waals surface area contributed by atoms with Crippen LogP contribution in [0.15, 0.2) is 24.3 Å². The van der Waals surface area contributed by atoms with Crippen molar-refractivity contribution >= 4 is 17.5 Å². The first-order valence-corrected chi connectivity index (χ1v) is 7.18. The van der Waals surface area contributed by atoms with Gasteiger partial charge in [0, 0.05) is 17.6 Å². The molecule has 0 radical (unpaired) electrons. The van der Waals surface area contributed by atoms with E-state index in [4.69, 9.17) is 17.3 Å². The standard InChI is InChI=1S/C16H25ClN2O/c1-11(12-7-9-13(17)10-8-12)19(6)14(20)15(2,3)16(4,5)18/h7-11H,18H2,1-6H3. The summed E-state index contributed by atoms with van der Waals surface area (Å²) in [6.07, 6.45) is 0. The van der Waals surface area contributed by atoms with Gasteiger partial charge in [-0.25, -0.2) is 0 Å². The molecule has 1 aromatic rings. The van der Waals surface area contributed by atoms with Gasteiger partial charge < -0.3 is 10.6 Å². The second-order valence-corrected chi connectivity index (χ2v) is 6.93. The van der Waals surface area contributed by atoms with Crippen molar-refractivity contribution in [2.24, 2.45) is 11.1 Å². The number of hydrogen-bond acceptors (Lipinski definition) is 2. The predicted molar refractivity (Wildman–Crippen MR) is 84.7 cm³/mol. The molecule has 0 saturated carbocycles. The number of carbonyl (C=O) groups is 1. The second-order valence-electron chi connectivity index (χ2n) is 6.49. The molecule has 0 fully saturated rings. The summed E-state index contributed by atoms with van der Waals surface area (Å²) in [5.41, 5.74) is 5.98. The Hall–Kier alpha value is -1.06. The van der Waals surface area contributed by atoms with Crippen LogP contribution in [0.2, 0.25) is 5.02 Å². The molecular weight excluding hydrogens is 272 g/mol. The molecule has 0 saturated heterocycles. The van der Waals surface area contributed by atoms with E-state index in [1.807, 2.05) is 65.9 Å². The lowest BCUT2D eigenvalue weighted by atomic mass is 9.74. The van der Waals surface area contributed by atoms with Gasteiger partial charge in [-0.15, -0.1) is 0 Å². The van der Waals surface area contributed by atoms with E-state index in [1.54, 1.807) is 4.90 Å². The van der Waals surface area contributed by atoms with Crippen LogP contribution in [0.5, 0.6) is 0 Å². The minimum atomic E-state index is -0.636. The van der Waals surface area contributed by atoms with Crippen molar-refractivity contribution in [2.45, 2.75) is 46.2 Å². The zero-order valence-electron chi connectivity index (χ0n) is 13.2. The normalized spacial score (nSPS) is 14.0. The highest BCUT2D eigenvalue weighted by atomic mass is 35.5. The average Bonchev–Trinajstić information content (AvgIpc) is 2.35. The molecule has 1 amide bonds. The Bertz CT molecular complexity index is 474. The van der Waals surface area contributed by atoms with E-state index < -0.39 is 11.0 Å². The molecule has 0 aliphatic rings. The number of amides is 1. The molecule has 3 nitrogen and oxygen atoms in total. The second kappa shape index (κ2) is 5.74. The van der Waals surface area contributed by atoms with Crippen LogP contribution in [-0.4, -0.2) is 23.4 Å². The van der Waals surface area contributed by atoms with Crippen LogP contribution in [0.3, 0.4) is 0 Å². The minimum Gasteiger partial charge on any atom is -0.338 e. The molecule has 4 heteroatoms. The summed E-state index contributed by atoms with van der Waals surface area (Å²) in [6.45, 7) is 9.54. The molecule has 112 valence electrons. The number of rotatable bonds is 4. The number of carbonyl (C=O) groups excluding carboxylic acids is 1. The summed E-state index contributed by atoms with van der Waals surface area (Å²) in [5.74, 6) is 0.0347. The van der Waals surface area contributed by atoms with E-state index in [0.29, 0.717) is 5.02 Å². The van der Waals surface area contributed by atoms with Crippen molar-refractivity contribution in [3.63, 3.8) is 0 Å². The van der Waals surface area contributed by atoms with Gasteiger partial charge in [0.25, 0.3) is 0 Å².